The lowest BCUT2D eigenvalue weighted by Crippen LogP contribution is -2.55. The van der Waals surface area contributed by atoms with E-state index < -0.39 is 117 Å². The van der Waals surface area contributed by atoms with Crippen LogP contribution >= 0.6 is 0 Å². The van der Waals surface area contributed by atoms with E-state index in [9.17, 15) is 55.2 Å². The lowest BCUT2D eigenvalue weighted by molar-refractivity contribution is -0.232. The van der Waals surface area contributed by atoms with Crippen molar-refractivity contribution >= 4 is 17.5 Å². The van der Waals surface area contributed by atoms with Gasteiger partial charge >= 0.3 is 5.97 Å². The molecular weight excluding hydrogens is 520 g/mol. The summed E-state index contributed by atoms with van der Waals surface area (Å²) < 4.78 is 11.3. The minimum atomic E-state index is -1.99. The number of rotatable bonds is 4. The average Bonchev–Trinajstić information content (AvgIpc) is 2.82. The van der Waals surface area contributed by atoms with Gasteiger partial charge < -0.3 is 50.3 Å². The highest BCUT2D eigenvalue weighted by molar-refractivity contribution is 6.31. The van der Waals surface area contributed by atoms with Crippen LogP contribution in [-0.4, -0.2) is 95.0 Å². The second kappa shape index (κ2) is 9.47. The Balaban J connectivity index is 2.07. The van der Waals surface area contributed by atoms with E-state index in [0.29, 0.717) is 0 Å². The van der Waals surface area contributed by atoms with Crippen LogP contribution in [0.3, 0.4) is 0 Å². The number of aromatic carboxylic acids is 1. The van der Waals surface area contributed by atoms with E-state index in [0.717, 1.165) is 6.07 Å². The SMILES string of the molecule is Cc1c(C(=O)O)c(O)cc2c1C(=O)c1c(O)c(C3O[C@H](CO)[C@@H](O)[C@H](O)[C@H]3O)c(O)c(OC(C)(C)C)c1C2=O. The Morgan fingerprint density at radius 1 is 0.949 bits per heavy atom. The molecule has 0 radical (unpaired) electrons. The normalized spacial score (nSPS) is 24.8. The van der Waals surface area contributed by atoms with Crippen LogP contribution in [0.2, 0.25) is 0 Å². The van der Waals surface area contributed by atoms with E-state index in [-0.39, 0.29) is 5.56 Å². The molecule has 1 saturated heterocycles. The number of benzene rings is 2. The predicted octanol–water partition coefficient (Wildman–Crippen LogP) is 0.278. The van der Waals surface area contributed by atoms with Crippen LogP contribution in [0.5, 0.6) is 23.0 Å². The number of ketones is 2. The first-order chi connectivity index (χ1) is 18.0. The molecule has 1 aliphatic heterocycles. The molecule has 5 atom stereocenters. The number of fused-ring (bicyclic) bond motifs is 2. The van der Waals surface area contributed by atoms with Crippen molar-refractivity contribution in [3.8, 4) is 23.0 Å². The summed E-state index contributed by atoms with van der Waals surface area (Å²) in [5, 5.41) is 83.1. The Morgan fingerprint density at radius 3 is 2.10 bits per heavy atom. The summed E-state index contributed by atoms with van der Waals surface area (Å²) in [6.45, 7) is 5.03. The summed E-state index contributed by atoms with van der Waals surface area (Å²) in [7, 11) is 0. The molecule has 0 bridgehead atoms. The molecule has 210 valence electrons. The van der Waals surface area contributed by atoms with Crippen molar-refractivity contribution in [2.45, 2.75) is 63.8 Å². The number of hydrogen-bond donors (Lipinski definition) is 8. The second-order valence-electron chi connectivity index (χ2n) is 10.4. The van der Waals surface area contributed by atoms with Crippen LogP contribution in [0.15, 0.2) is 6.07 Å². The lowest BCUT2D eigenvalue weighted by atomic mass is 9.77. The smallest absolute Gasteiger partial charge is 0.339 e. The number of carbonyl (C=O) groups is 3. The summed E-state index contributed by atoms with van der Waals surface area (Å²) in [5.41, 5.74) is -4.81. The van der Waals surface area contributed by atoms with E-state index in [1.807, 2.05) is 0 Å². The number of phenols is 3. The third-order valence-electron chi connectivity index (χ3n) is 6.72. The highest BCUT2D eigenvalue weighted by Gasteiger charge is 2.49. The van der Waals surface area contributed by atoms with Gasteiger partial charge in [-0.25, -0.2) is 4.79 Å². The minimum Gasteiger partial charge on any atom is -0.507 e. The van der Waals surface area contributed by atoms with Crippen molar-refractivity contribution in [1.29, 1.82) is 0 Å². The summed E-state index contributed by atoms with van der Waals surface area (Å²) in [5.74, 6) is -6.97. The van der Waals surface area contributed by atoms with Gasteiger partial charge in [0.2, 0.25) is 0 Å². The third-order valence-corrected chi connectivity index (χ3v) is 6.72. The van der Waals surface area contributed by atoms with Gasteiger partial charge in [0.05, 0.1) is 23.3 Å². The van der Waals surface area contributed by atoms with Gasteiger partial charge in [-0.3, -0.25) is 9.59 Å². The van der Waals surface area contributed by atoms with Gasteiger partial charge in [0.15, 0.2) is 23.1 Å². The first kappa shape index (κ1) is 28.3. The van der Waals surface area contributed by atoms with Crippen molar-refractivity contribution in [1.82, 2.24) is 0 Å². The van der Waals surface area contributed by atoms with Gasteiger partial charge in [0.1, 0.15) is 53.2 Å². The molecule has 0 saturated carbocycles. The zero-order valence-electron chi connectivity index (χ0n) is 21.3. The molecule has 0 amide bonds. The Kier molecular flexibility index (Phi) is 6.86. The van der Waals surface area contributed by atoms with Crippen molar-refractivity contribution in [3.05, 3.63) is 45.0 Å². The van der Waals surface area contributed by atoms with Crippen molar-refractivity contribution in [3.63, 3.8) is 0 Å². The minimum absolute atomic E-state index is 0.262. The topological polar surface area (TPSA) is 232 Å². The van der Waals surface area contributed by atoms with Crippen LogP contribution < -0.4 is 4.74 Å². The van der Waals surface area contributed by atoms with Gasteiger partial charge in [0, 0.05) is 11.1 Å². The van der Waals surface area contributed by atoms with Gasteiger partial charge in [-0.1, -0.05) is 0 Å². The molecule has 1 unspecified atom stereocenters. The maximum Gasteiger partial charge on any atom is 0.339 e. The quantitative estimate of drug-likeness (QED) is 0.219. The number of ether oxygens (including phenoxy) is 2. The number of carboxylic acids is 1. The molecule has 1 aliphatic carbocycles. The van der Waals surface area contributed by atoms with Gasteiger partial charge in [-0.15, -0.1) is 0 Å². The van der Waals surface area contributed by atoms with E-state index in [2.05, 4.69) is 0 Å². The molecule has 0 aromatic heterocycles. The molecule has 1 fully saturated rings. The summed E-state index contributed by atoms with van der Waals surface area (Å²) in [4.78, 5) is 39.2. The predicted molar refractivity (Wildman–Crippen MR) is 130 cm³/mol. The number of phenolic OH excluding ortho intramolecular Hbond substituents is 2. The fraction of sp³-hybridized carbons (Fsp3) is 0.423. The summed E-state index contributed by atoms with van der Waals surface area (Å²) in [6, 6.07) is 0.801. The Morgan fingerprint density at radius 2 is 1.56 bits per heavy atom. The first-order valence-corrected chi connectivity index (χ1v) is 11.8. The first-order valence-electron chi connectivity index (χ1n) is 11.8. The molecular formula is C26H28O13. The standard InChI is InChI=1S/C26H28O13/c1-7-11-8(5-9(28)12(7)25(36)37)16(29)14-13(18(11)31)19(32)15(20(33)24(14)39-26(2,3)4)23-22(35)21(34)17(30)10(6-27)38-23/h5,10,17,21-23,27-28,30,32-35H,6H2,1-4H3,(H,36,37)/t10-,17-,21+,22-,23?/m1/s1. The van der Waals surface area contributed by atoms with Crippen LogP contribution in [0.1, 0.15) is 80.2 Å². The maximum absolute atomic E-state index is 13.8. The van der Waals surface area contributed by atoms with E-state index in [1.165, 1.54) is 6.92 Å². The average molecular weight is 548 g/mol. The van der Waals surface area contributed by atoms with E-state index >= 15 is 0 Å². The monoisotopic (exact) mass is 548 g/mol. The molecule has 1 heterocycles. The van der Waals surface area contributed by atoms with Crippen molar-refractivity contribution in [2.75, 3.05) is 6.61 Å². The molecule has 0 spiro atoms. The molecule has 8 N–H and O–H groups in total. The Hall–Kier alpha value is -3.75. The molecule has 2 aromatic rings. The summed E-state index contributed by atoms with van der Waals surface area (Å²) in [6.07, 6.45) is -8.94. The molecule has 39 heavy (non-hydrogen) atoms. The summed E-state index contributed by atoms with van der Waals surface area (Å²) >= 11 is 0. The van der Waals surface area contributed by atoms with Gasteiger partial charge in [0.25, 0.3) is 0 Å². The molecule has 4 rings (SSSR count). The molecule has 13 nitrogen and oxygen atoms in total. The van der Waals surface area contributed by atoms with E-state index in [4.69, 9.17) is 9.47 Å². The number of carboxylic acid groups (broad SMARTS) is 1. The third kappa shape index (κ3) is 4.28. The van der Waals surface area contributed by atoms with Crippen LogP contribution in [0, 0.1) is 6.92 Å². The highest BCUT2D eigenvalue weighted by Crippen LogP contribution is 2.53. The van der Waals surface area contributed by atoms with Crippen LogP contribution in [0.25, 0.3) is 0 Å². The number of carbonyl (C=O) groups excluding carboxylic acids is 2. The molecule has 2 aliphatic rings. The molecule has 13 heteroatoms. The number of hydrogen-bond acceptors (Lipinski definition) is 12. The van der Waals surface area contributed by atoms with E-state index in [1.54, 1.807) is 20.8 Å². The fourth-order valence-electron chi connectivity index (χ4n) is 4.97. The number of aromatic hydroxyl groups is 3. The zero-order chi connectivity index (χ0) is 29.3. The van der Waals surface area contributed by atoms with Crippen LogP contribution in [-0.2, 0) is 4.74 Å². The fourth-order valence-corrected chi connectivity index (χ4v) is 4.97. The van der Waals surface area contributed by atoms with Crippen molar-refractivity contribution < 1.29 is 64.7 Å². The number of aliphatic hydroxyl groups is 4. The largest absolute Gasteiger partial charge is 0.507 e. The maximum atomic E-state index is 13.8. The Bertz CT molecular complexity index is 1400. The van der Waals surface area contributed by atoms with Crippen molar-refractivity contribution in [2.24, 2.45) is 0 Å². The molecule has 2 aromatic carbocycles. The number of aliphatic hydroxyl groups excluding tert-OH is 4. The second-order valence-corrected chi connectivity index (χ2v) is 10.4. The van der Waals surface area contributed by atoms with Gasteiger partial charge in [-0.05, 0) is 39.3 Å². The van der Waals surface area contributed by atoms with Crippen LogP contribution in [0.4, 0.5) is 0 Å². The zero-order valence-corrected chi connectivity index (χ0v) is 21.3. The Labute approximate surface area is 221 Å². The highest BCUT2D eigenvalue weighted by atomic mass is 16.5. The van der Waals surface area contributed by atoms with Gasteiger partial charge in [-0.2, -0.15) is 0 Å². The lowest BCUT2D eigenvalue weighted by Gasteiger charge is -2.41.